The number of nitrogens with zero attached hydrogens (tertiary/aromatic N) is 1. The van der Waals surface area contributed by atoms with E-state index in [0.29, 0.717) is 29.8 Å². The van der Waals surface area contributed by atoms with Crippen LogP contribution in [0.3, 0.4) is 0 Å². The number of para-hydroxylation sites is 2. The highest BCUT2D eigenvalue weighted by Gasteiger charge is 2.74. The van der Waals surface area contributed by atoms with Gasteiger partial charge in [-0.05, 0) is 18.1 Å². The molecule has 9 heteroatoms. The fourth-order valence-electron chi connectivity index (χ4n) is 6.14. The predicted octanol–water partition coefficient (Wildman–Crippen LogP) is 0.418. The molecule has 3 aliphatic heterocycles. The van der Waals surface area contributed by atoms with Crippen molar-refractivity contribution in [3.05, 3.63) is 59.2 Å². The monoisotopic (exact) mass is 477 g/mol. The SMILES string of the molecule is CCc1cccc2c1NC(=O)[C@]21[NH2+][C@@H](CCC(N)=O)[C@H]2C(=O)N(Cc3ccccc3OC)C(=O)[C@H]21. The van der Waals surface area contributed by atoms with Crippen molar-refractivity contribution in [1.82, 2.24) is 4.90 Å². The summed E-state index contributed by atoms with van der Waals surface area (Å²) in [7, 11) is 1.54. The summed E-state index contributed by atoms with van der Waals surface area (Å²) >= 11 is 0. The summed E-state index contributed by atoms with van der Waals surface area (Å²) in [4.78, 5) is 54.1. The maximum Gasteiger partial charge on any atom is 0.291 e. The number of hydrogen-bond acceptors (Lipinski definition) is 5. The van der Waals surface area contributed by atoms with E-state index in [2.05, 4.69) is 5.32 Å². The van der Waals surface area contributed by atoms with Crippen LogP contribution < -0.4 is 21.1 Å². The van der Waals surface area contributed by atoms with E-state index in [1.165, 1.54) is 12.0 Å². The molecule has 35 heavy (non-hydrogen) atoms. The molecule has 4 atom stereocenters. The Morgan fingerprint density at radius 2 is 1.86 bits per heavy atom. The van der Waals surface area contributed by atoms with Crippen LogP contribution in [0.15, 0.2) is 42.5 Å². The van der Waals surface area contributed by atoms with Gasteiger partial charge in [0.1, 0.15) is 23.6 Å². The first-order chi connectivity index (χ1) is 16.8. The lowest BCUT2D eigenvalue weighted by atomic mass is 9.76. The molecule has 2 aromatic carbocycles. The van der Waals surface area contributed by atoms with Gasteiger partial charge in [0.05, 0.1) is 19.3 Å². The summed E-state index contributed by atoms with van der Waals surface area (Å²) < 4.78 is 5.42. The molecule has 0 bridgehead atoms. The molecule has 5 N–H and O–H groups in total. The highest BCUT2D eigenvalue weighted by Crippen LogP contribution is 2.50. The number of fused-ring (bicyclic) bond motifs is 4. The second-order valence-corrected chi connectivity index (χ2v) is 9.43. The molecule has 2 fully saturated rings. The molecule has 3 heterocycles. The van der Waals surface area contributed by atoms with Gasteiger partial charge in [-0.15, -0.1) is 0 Å². The Hall–Kier alpha value is -3.72. The number of likely N-dealkylation sites (tertiary alicyclic amines) is 1. The fraction of sp³-hybridized carbons (Fsp3) is 0.385. The molecular weight excluding hydrogens is 448 g/mol. The minimum Gasteiger partial charge on any atom is -0.496 e. The summed E-state index contributed by atoms with van der Waals surface area (Å²) in [5, 5.41) is 4.84. The van der Waals surface area contributed by atoms with Crippen LogP contribution in [-0.2, 0) is 37.7 Å². The lowest BCUT2D eigenvalue weighted by Gasteiger charge is -2.26. The number of carbonyl (C=O) groups excluding carboxylic acids is 4. The Morgan fingerprint density at radius 1 is 1.11 bits per heavy atom. The highest BCUT2D eigenvalue weighted by molar-refractivity contribution is 6.14. The molecule has 1 spiro atoms. The molecule has 2 aromatic rings. The fourth-order valence-corrected chi connectivity index (χ4v) is 6.14. The van der Waals surface area contributed by atoms with Gasteiger partial charge < -0.3 is 21.1 Å². The average molecular weight is 478 g/mol. The highest BCUT2D eigenvalue weighted by atomic mass is 16.5. The van der Waals surface area contributed by atoms with Crippen LogP contribution in [0, 0.1) is 11.8 Å². The lowest BCUT2D eigenvalue weighted by molar-refractivity contribution is -0.734. The Kier molecular flexibility index (Phi) is 5.59. The third-order valence-corrected chi connectivity index (χ3v) is 7.71. The van der Waals surface area contributed by atoms with E-state index < -0.39 is 29.3 Å². The molecule has 2 saturated heterocycles. The maximum atomic E-state index is 13.9. The van der Waals surface area contributed by atoms with Crippen LogP contribution in [-0.4, -0.2) is 41.7 Å². The van der Waals surface area contributed by atoms with Gasteiger partial charge in [-0.3, -0.25) is 24.1 Å². The number of hydrogen-bond donors (Lipinski definition) is 3. The number of carbonyl (C=O) groups is 4. The molecule has 0 saturated carbocycles. The summed E-state index contributed by atoms with van der Waals surface area (Å²) in [6.45, 7) is 2.06. The molecule has 0 unspecified atom stereocenters. The second-order valence-electron chi connectivity index (χ2n) is 9.43. The van der Waals surface area contributed by atoms with Crippen molar-refractivity contribution >= 4 is 29.3 Å². The first kappa shape index (κ1) is 23.0. The van der Waals surface area contributed by atoms with E-state index in [1.54, 1.807) is 6.07 Å². The van der Waals surface area contributed by atoms with Crippen LogP contribution in [0.25, 0.3) is 0 Å². The summed E-state index contributed by atoms with van der Waals surface area (Å²) in [6, 6.07) is 12.5. The van der Waals surface area contributed by atoms with Gasteiger partial charge in [0.2, 0.25) is 23.3 Å². The average Bonchev–Trinajstić information content (AvgIpc) is 3.43. The zero-order valence-corrected chi connectivity index (χ0v) is 19.7. The molecule has 5 rings (SSSR count). The van der Waals surface area contributed by atoms with Crippen molar-refractivity contribution in [3.8, 4) is 5.75 Å². The van der Waals surface area contributed by atoms with Gasteiger partial charge in [0.25, 0.3) is 5.91 Å². The molecule has 0 aliphatic carbocycles. The van der Waals surface area contributed by atoms with Crippen molar-refractivity contribution in [2.45, 2.75) is 44.3 Å². The number of rotatable bonds is 7. The topological polar surface area (TPSA) is 135 Å². The Morgan fingerprint density at radius 3 is 2.57 bits per heavy atom. The standard InChI is InChI=1S/C26H28N4O5/c1-3-14-8-6-9-16-22(14)28-25(34)26(16)21-20(17(29-26)11-12-19(27)31)23(32)30(24(21)33)13-15-7-4-5-10-18(15)35-2/h4-10,17,20-21,29H,3,11-13H2,1-2H3,(H2,27,31)(H,28,34)/p+1/t17-,20+,21-,26-/m0/s1. The van der Waals surface area contributed by atoms with Crippen LogP contribution in [0.1, 0.15) is 36.5 Å². The smallest absolute Gasteiger partial charge is 0.291 e. The third kappa shape index (κ3) is 3.33. The van der Waals surface area contributed by atoms with Crippen molar-refractivity contribution in [2.75, 3.05) is 12.4 Å². The van der Waals surface area contributed by atoms with Gasteiger partial charge in [0.15, 0.2) is 0 Å². The number of ether oxygens (including phenoxy) is 1. The molecule has 0 radical (unpaired) electrons. The number of aryl methyl sites for hydroxylation is 1. The minimum atomic E-state index is -1.27. The van der Waals surface area contributed by atoms with Crippen molar-refractivity contribution in [1.29, 1.82) is 0 Å². The van der Waals surface area contributed by atoms with Crippen molar-refractivity contribution in [2.24, 2.45) is 17.6 Å². The molecule has 3 aliphatic rings. The summed E-state index contributed by atoms with van der Waals surface area (Å²) in [5.74, 6) is -2.54. The first-order valence-electron chi connectivity index (χ1n) is 11.9. The van der Waals surface area contributed by atoms with Gasteiger partial charge >= 0.3 is 0 Å². The maximum absolute atomic E-state index is 13.9. The zero-order valence-electron chi connectivity index (χ0n) is 19.7. The normalized spacial score (nSPS) is 26.7. The van der Waals surface area contributed by atoms with Crippen LogP contribution in [0.5, 0.6) is 5.75 Å². The number of benzene rings is 2. The molecule has 4 amide bonds. The van der Waals surface area contributed by atoms with E-state index in [1.807, 2.05) is 48.6 Å². The molecule has 182 valence electrons. The van der Waals surface area contributed by atoms with Gasteiger partial charge in [0, 0.05) is 24.0 Å². The number of imide groups is 1. The quantitative estimate of drug-likeness (QED) is 0.497. The Bertz CT molecular complexity index is 1240. The van der Waals surface area contributed by atoms with E-state index in [0.717, 1.165) is 11.1 Å². The Balaban J connectivity index is 1.60. The van der Waals surface area contributed by atoms with E-state index in [9.17, 15) is 19.2 Å². The van der Waals surface area contributed by atoms with E-state index in [4.69, 9.17) is 10.5 Å². The van der Waals surface area contributed by atoms with Crippen molar-refractivity contribution in [3.63, 3.8) is 0 Å². The van der Waals surface area contributed by atoms with Crippen LogP contribution in [0.2, 0.25) is 0 Å². The number of quaternary nitrogens is 1. The number of amides is 4. The largest absolute Gasteiger partial charge is 0.496 e. The summed E-state index contributed by atoms with van der Waals surface area (Å²) in [5.41, 5.74) is 7.25. The Labute approximate surface area is 203 Å². The predicted molar refractivity (Wildman–Crippen MR) is 126 cm³/mol. The molecule has 9 nitrogen and oxygen atoms in total. The van der Waals surface area contributed by atoms with Crippen molar-refractivity contribution < 1.29 is 29.2 Å². The number of primary amides is 1. The number of anilines is 1. The first-order valence-corrected chi connectivity index (χ1v) is 11.9. The van der Waals surface area contributed by atoms with Crippen LogP contribution in [0.4, 0.5) is 5.69 Å². The number of methoxy groups -OCH3 is 1. The molecular formula is C26H29N4O5+. The summed E-state index contributed by atoms with van der Waals surface area (Å²) in [6.07, 6.45) is 1.08. The van der Waals surface area contributed by atoms with Crippen LogP contribution >= 0.6 is 0 Å². The van der Waals surface area contributed by atoms with Gasteiger partial charge in [-0.25, -0.2) is 0 Å². The lowest BCUT2D eigenvalue weighted by Crippen LogP contribution is -2.99. The zero-order chi connectivity index (χ0) is 24.9. The van der Waals surface area contributed by atoms with E-state index >= 15 is 0 Å². The van der Waals surface area contributed by atoms with E-state index in [-0.39, 0.29) is 30.7 Å². The number of nitrogens with two attached hydrogens (primary N) is 2. The second kappa shape index (κ2) is 8.49. The molecule has 0 aromatic heterocycles. The van der Waals surface area contributed by atoms with Gasteiger partial charge in [-0.1, -0.05) is 43.3 Å². The van der Waals surface area contributed by atoms with Gasteiger partial charge in [-0.2, -0.15) is 0 Å². The third-order valence-electron chi connectivity index (χ3n) is 7.71. The number of nitrogens with one attached hydrogen (secondary N) is 1. The minimum absolute atomic E-state index is 0.0524.